The molecule has 4 N–H and O–H groups in total. The minimum absolute atomic E-state index is 0.380. The van der Waals surface area contributed by atoms with E-state index >= 15 is 0 Å². The highest BCUT2D eigenvalue weighted by Gasteiger charge is 2.14. The first kappa shape index (κ1) is 13.6. The molecule has 0 unspecified atom stereocenters. The van der Waals surface area contributed by atoms with Crippen LogP contribution in [0.15, 0.2) is 54.6 Å². The average Bonchev–Trinajstić information content (AvgIpc) is 2.49. The van der Waals surface area contributed by atoms with Crippen molar-refractivity contribution in [2.75, 3.05) is 5.32 Å². The second kappa shape index (κ2) is 6.35. The third-order valence-corrected chi connectivity index (χ3v) is 2.44. The fourth-order valence-electron chi connectivity index (χ4n) is 1.52. The van der Waals surface area contributed by atoms with Crippen LogP contribution in [0.2, 0.25) is 0 Å². The molecule has 20 heavy (non-hydrogen) atoms. The molecule has 6 heteroatoms. The van der Waals surface area contributed by atoms with Crippen molar-refractivity contribution >= 4 is 17.5 Å². The standard InChI is InChI=1S/C14H13N3O3/c15-17-14(19)13(18)16-11-8-4-5-9-12(11)20-10-6-2-1-3-7-10/h1-9H,15H2,(H,16,18)(H,17,19). The summed E-state index contributed by atoms with van der Waals surface area (Å²) in [5.74, 6) is 4.15. The zero-order valence-electron chi connectivity index (χ0n) is 10.5. The number of nitrogens with one attached hydrogen (secondary N) is 2. The Labute approximate surface area is 115 Å². The zero-order valence-corrected chi connectivity index (χ0v) is 10.5. The van der Waals surface area contributed by atoms with Crippen molar-refractivity contribution < 1.29 is 14.3 Å². The van der Waals surface area contributed by atoms with E-state index < -0.39 is 11.8 Å². The van der Waals surface area contributed by atoms with Gasteiger partial charge in [-0.15, -0.1) is 0 Å². The number of anilines is 1. The zero-order chi connectivity index (χ0) is 14.4. The summed E-state index contributed by atoms with van der Waals surface area (Å²) in [5.41, 5.74) is 2.14. The number of rotatable bonds is 3. The van der Waals surface area contributed by atoms with E-state index in [0.29, 0.717) is 17.2 Å². The summed E-state index contributed by atoms with van der Waals surface area (Å²) in [4.78, 5) is 22.6. The Morgan fingerprint density at radius 3 is 2.25 bits per heavy atom. The van der Waals surface area contributed by atoms with E-state index in [0.717, 1.165) is 0 Å². The smallest absolute Gasteiger partial charge is 0.323 e. The number of hydrazine groups is 1. The lowest BCUT2D eigenvalue weighted by Gasteiger charge is -2.11. The number of nitrogens with two attached hydrogens (primary N) is 1. The predicted octanol–water partition coefficient (Wildman–Crippen LogP) is 1.41. The van der Waals surface area contributed by atoms with Gasteiger partial charge < -0.3 is 10.1 Å². The molecule has 0 heterocycles. The lowest BCUT2D eigenvalue weighted by atomic mass is 10.3. The minimum Gasteiger partial charge on any atom is -0.455 e. The number of hydrogen-bond acceptors (Lipinski definition) is 4. The van der Waals surface area contributed by atoms with Gasteiger partial charge in [0.2, 0.25) is 0 Å². The van der Waals surface area contributed by atoms with Crippen LogP contribution < -0.4 is 21.3 Å². The number of amides is 2. The molecular formula is C14H13N3O3. The molecule has 0 radical (unpaired) electrons. The largest absolute Gasteiger partial charge is 0.455 e. The normalized spacial score (nSPS) is 9.65. The van der Waals surface area contributed by atoms with Crippen LogP contribution in [0.4, 0.5) is 5.69 Å². The molecule has 0 aliphatic heterocycles. The van der Waals surface area contributed by atoms with Crippen LogP contribution in [-0.4, -0.2) is 11.8 Å². The Hall–Kier alpha value is -2.86. The Kier molecular flexibility index (Phi) is 4.31. The third kappa shape index (κ3) is 3.33. The van der Waals surface area contributed by atoms with Gasteiger partial charge in [0.05, 0.1) is 5.69 Å². The van der Waals surface area contributed by atoms with Gasteiger partial charge in [-0.2, -0.15) is 0 Å². The number of carbonyl (C=O) groups excluding carboxylic acids is 2. The van der Waals surface area contributed by atoms with Gasteiger partial charge in [-0.3, -0.25) is 15.0 Å². The Morgan fingerprint density at radius 1 is 0.900 bits per heavy atom. The summed E-state index contributed by atoms with van der Waals surface area (Å²) in [5, 5.41) is 2.43. The molecule has 0 fully saturated rings. The first-order chi connectivity index (χ1) is 9.70. The van der Waals surface area contributed by atoms with Crippen LogP contribution >= 0.6 is 0 Å². The highest BCUT2D eigenvalue weighted by molar-refractivity contribution is 6.39. The van der Waals surface area contributed by atoms with Gasteiger partial charge in [-0.25, -0.2) is 5.84 Å². The summed E-state index contributed by atoms with van der Waals surface area (Å²) < 4.78 is 5.65. The van der Waals surface area contributed by atoms with Crippen molar-refractivity contribution in [1.29, 1.82) is 0 Å². The molecule has 0 aliphatic rings. The van der Waals surface area contributed by atoms with Crippen LogP contribution in [0.5, 0.6) is 11.5 Å². The molecule has 6 nitrogen and oxygen atoms in total. The van der Waals surface area contributed by atoms with E-state index in [9.17, 15) is 9.59 Å². The van der Waals surface area contributed by atoms with Crippen molar-refractivity contribution in [2.45, 2.75) is 0 Å². The molecule has 0 atom stereocenters. The first-order valence-electron chi connectivity index (χ1n) is 5.84. The topological polar surface area (TPSA) is 93.5 Å². The molecule has 0 aliphatic carbocycles. The van der Waals surface area contributed by atoms with Gasteiger partial charge in [-0.05, 0) is 24.3 Å². The molecule has 2 aromatic carbocycles. The van der Waals surface area contributed by atoms with Crippen molar-refractivity contribution in [3.63, 3.8) is 0 Å². The Morgan fingerprint density at radius 2 is 1.55 bits per heavy atom. The van der Waals surface area contributed by atoms with Gasteiger partial charge in [-0.1, -0.05) is 30.3 Å². The van der Waals surface area contributed by atoms with Crippen molar-refractivity contribution in [2.24, 2.45) is 5.84 Å². The van der Waals surface area contributed by atoms with Gasteiger partial charge >= 0.3 is 11.8 Å². The maximum Gasteiger partial charge on any atom is 0.323 e. The van der Waals surface area contributed by atoms with Crippen LogP contribution in [-0.2, 0) is 9.59 Å². The number of carbonyl (C=O) groups is 2. The van der Waals surface area contributed by atoms with Crippen LogP contribution in [0.1, 0.15) is 0 Å². The SMILES string of the molecule is NNC(=O)C(=O)Nc1ccccc1Oc1ccccc1. The highest BCUT2D eigenvalue weighted by Crippen LogP contribution is 2.28. The molecule has 2 amide bonds. The lowest BCUT2D eigenvalue weighted by molar-refractivity contribution is -0.136. The van der Waals surface area contributed by atoms with Gasteiger partial charge in [0.25, 0.3) is 0 Å². The maximum absolute atomic E-state index is 11.5. The van der Waals surface area contributed by atoms with E-state index in [1.165, 1.54) is 0 Å². The molecule has 0 saturated heterocycles. The monoisotopic (exact) mass is 271 g/mol. The maximum atomic E-state index is 11.5. The second-order valence-corrected chi connectivity index (χ2v) is 3.84. The first-order valence-corrected chi connectivity index (χ1v) is 5.84. The third-order valence-electron chi connectivity index (χ3n) is 2.44. The molecule has 0 bridgehead atoms. The summed E-state index contributed by atoms with van der Waals surface area (Å²) in [6.45, 7) is 0. The Balaban J connectivity index is 2.18. The number of ether oxygens (including phenoxy) is 1. The van der Waals surface area contributed by atoms with E-state index in [-0.39, 0.29) is 0 Å². The summed E-state index contributed by atoms with van der Waals surface area (Å²) >= 11 is 0. The summed E-state index contributed by atoms with van der Waals surface area (Å²) in [6.07, 6.45) is 0. The van der Waals surface area contributed by atoms with Crippen LogP contribution in [0, 0.1) is 0 Å². The average molecular weight is 271 g/mol. The predicted molar refractivity (Wildman–Crippen MR) is 73.9 cm³/mol. The van der Waals surface area contributed by atoms with E-state index in [2.05, 4.69) is 5.32 Å². The van der Waals surface area contributed by atoms with E-state index in [1.54, 1.807) is 41.8 Å². The number of hydrogen-bond donors (Lipinski definition) is 3. The van der Waals surface area contributed by atoms with Crippen LogP contribution in [0.3, 0.4) is 0 Å². The molecular weight excluding hydrogens is 258 g/mol. The van der Waals surface area contributed by atoms with Gasteiger partial charge in [0, 0.05) is 0 Å². The Bertz CT molecular complexity index is 614. The van der Waals surface area contributed by atoms with Crippen molar-refractivity contribution in [3.05, 3.63) is 54.6 Å². The van der Waals surface area contributed by atoms with Crippen molar-refractivity contribution in [1.82, 2.24) is 5.43 Å². The number of benzene rings is 2. The fraction of sp³-hybridized carbons (Fsp3) is 0. The summed E-state index contributed by atoms with van der Waals surface area (Å²) in [7, 11) is 0. The molecule has 2 rings (SSSR count). The van der Waals surface area contributed by atoms with E-state index in [1.807, 2.05) is 18.2 Å². The fourth-order valence-corrected chi connectivity index (χ4v) is 1.52. The molecule has 0 spiro atoms. The van der Waals surface area contributed by atoms with Gasteiger partial charge in [0.1, 0.15) is 5.75 Å². The van der Waals surface area contributed by atoms with Crippen LogP contribution in [0.25, 0.3) is 0 Å². The van der Waals surface area contributed by atoms with Gasteiger partial charge in [0.15, 0.2) is 5.75 Å². The number of para-hydroxylation sites is 3. The van der Waals surface area contributed by atoms with E-state index in [4.69, 9.17) is 10.6 Å². The molecule has 0 saturated carbocycles. The highest BCUT2D eigenvalue weighted by atomic mass is 16.5. The molecule has 0 aromatic heterocycles. The second-order valence-electron chi connectivity index (χ2n) is 3.84. The minimum atomic E-state index is -0.931. The molecule has 102 valence electrons. The lowest BCUT2D eigenvalue weighted by Crippen LogP contribution is -2.39. The quantitative estimate of drug-likeness (QED) is 0.340. The van der Waals surface area contributed by atoms with Crippen molar-refractivity contribution in [3.8, 4) is 11.5 Å². The summed E-state index contributed by atoms with van der Waals surface area (Å²) in [6, 6.07) is 15.9. The molecule has 2 aromatic rings.